The van der Waals surface area contributed by atoms with E-state index in [0.29, 0.717) is 22.7 Å². The highest BCUT2D eigenvalue weighted by atomic mass is 19.1. The smallest absolute Gasteiger partial charge is 0.233 e. The number of aryl methyl sites for hydroxylation is 1. The van der Waals surface area contributed by atoms with Gasteiger partial charge < -0.3 is 4.74 Å². The van der Waals surface area contributed by atoms with Crippen LogP contribution in [0.25, 0.3) is 0 Å². The Morgan fingerprint density at radius 2 is 2.05 bits per heavy atom. The SMILES string of the molecule is COc1ccc(C(NN)c2ccc(C)c(F)c2)nn1. The summed E-state index contributed by atoms with van der Waals surface area (Å²) in [5.41, 5.74) is 4.47. The van der Waals surface area contributed by atoms with Crippen LogP contribution in [0, 0.1) is 12.7 Å². The summed E-state index contributed by atoms with van der Waals surface area (Å²) in [5.74, 6) is 5.66. The molecule has 0 amide bonds. The maximum absolute atomic E-state index is 13.6. The van der Waals surface area contributed by atoms with E-state index in [0.717, 1.165) is 0 Å². The minimum atomic E-state index is -0.423. The second-order valence-electron chi connectivity index (χ2n) is 4.11. The first-order valence-corrected chi connectivity index (χ1v) is 5.75. The first-order chi connectivity index (χ1) is 9.15. The summed E-state index contributed by atoms with van der Waals surface area (Å²) in [4.78, 5) is 0. The Balaban J connectivity index is 2.34. The van der Waals surface area contributed by atoms with E-state index in [9.17, 15) is 4.39 Å². The zero-order chi connectivity index (χ0) is 13.8. The van der Waals surface area contributed by atoms with Crippen molar-refractivity contribution in [1.82, 2.24) is 15.6 Å². The van der Waals surface area contributed by atoms with Gasteiger partial charge in [0.05, 0.1) is 18.8 Å². The maximum Gasteiger partial charge on any atom is 0.233 e. The molecule has 0 saturated heterocycles. The lowest BCUT2D eigenvalue weighted by Crippen LogP contribution is -2.29. The maximum atomic E-state index is 13.6. The zero-order valence-corrected chi connectivity index (χ0v) is 10.7. The van der Waals surface area contributed by atoms with Gasteiger partial charge in [-0.05, 0) is 30.2 Å². The zero-order valence-electron chi connectivity index (χ0n) is 10.7. The molecule has 3 N–H and O–H groups in total. The number of hydrazine groups is 1. The molecule has 2 rings (SSSR count). The van der Waals surface area contributed by atoms with Gasteiger partial charge in [-0.3, -0.25) is 5.84 Å². The summed E-state index contributed by atoms with van der Waals surface area (Å²) in [6.07, 6.45) is 0. The minimum Gasteiger partial charge on any atom is -0.480 e. The Hall–Kier alpha value is -2.05. The van der Waals surface area contributed by atoms with E-state index in [2.05, 4.69) is 15.6 Å². The Kier molecular flexibility index (Phi) is 4.03. The number of nitrogens with zero attached hydrogens (tertiary/aromatic N) is 2. The fourth-order valence-corrected chi connectivity index (χ4v) is 1.73. The quantitative estimate of drug-likeness (QED) is 0.645. The fourth-order valence-electron chi connectivity index (χ4n) is 1.73. The van der Waals surface area contributed by atoms with Crippen molar-refractivity contribution in [3.63, 3.8) is 0 Å². The molecule has 100 valence electrons. The van der Waals surface area contributed by atoms with Gasteiger partial charge in [0, 0.05) is 6.07 Å². The summed E-state index contributed by atoms with van der Waals surface area (Å²) in [6.45, 7) is 1.71. The summed E-state index contributed by atoms with van der Waals surface area (Å²) in [7, 11) is 1.51. The van der Waals surface area contributed by atoms with Gasteiger partial charge in [-0.25, -0.2) is 9.82 Å². The van der Waals surface area contributed by atoms with E-state index >= 15 is 0 Å². The van der Waals surface area contributed by atoms with Gasteiger partial charge in [0.1, 0.15) is 5.82 Å². The second-order valence-corrected chi connectivity index (χ2v) is 4.11. The van der Waals surface area contributed by atoms with Crippen LogP contribution in [0.1, 0.15) is 22.9 Å². The van der Waals surface area contributed by atoms with Crippen molar-refractivity contribution < 1.29 is 9.13 Å². The molecule has 0 spiro atoms. The third-order valence-electron chi connectivity index (χ3n) is 2.86. The number of nitrogens with two attached hydrogens (primary N) is 1. The molecule has 0 aliphatic carbocycles. The average molecular weight is 262 g/mol. The van der Waals surface area contributed by atoms with Crippen molar-refractivity contribution in [3.8, 4) is 5.88 Å². The molecular weight excluding hydrogens is 247 g/mol. The number of rotatable bonds is 4. The highest BCUT2D eigenvalue weighted by Crippen LogP contribution is 2.22. The summed E-state index contributed by atoms with van der Waals surface area (Å²) in [5, 5.41) is 7.88. The predicted molar refractivity (Wildman–Crippen MR) is 68.9 cm³/mol. The van der Waals surface area contributed by atoms with E-state index in [1.807, 2.05) is 0 Å². The summed E-state index contributed by atoms with van der Waals surface area (Å²) >= 11 is 0. The first-order valence-electron chi connectivity index (χ1n) is 5.75. The van der Waals surface area contributed by atoms with Crippen molar-refractivity contribution in [2.45, 2.75) is 13.0 Å². The number of hydrogen-bond donors (Lipinski definition) is 2. The van der Waals surface area contributed by atoms with Gasteiger partial charge in [-0.2, -0.15) is 0 Å². The second kappa shape index (κ2) is 5.73. The number of methoxy groups -OCH3 is 1. The number of halogens is 1. The van der Waals surface area contributed by atoms with Gasteiger partial charge in [0.25, 0.3) is 0 Å². The van der Waals surface area contributed by atoms with Crippen LogP contribution < -0.4 is 16.0 Å². The third-order valence-corrected chi connectivity index (χ3v) is 2.86. The predicted octanol–water partition coefficient (Wildman–Crippen LogP) is 1.49. The van der Waals surface area contributed by atoms with E-state index < -0.39 is 6.04 Å². The highest BCUT2D eigenvalue weighted by Gasteiger charge is 2.15. The highest BCUT2D eigenvalue weighted by molar-refractivity contribution is 5.31. The van der Waals surface area contributed by atoms with Crippen molar-refractivity contribution in [3.05, 3.63) is 53.0 Å². The van der Waals surface area contributed by atoms with Crippen molar-refractivity contribution >= 4 is 0 Å². The molecule has 5 nitrogen and oxygen atoms in total. The number of ether oxygens (including phenoxy) is 1. The Labute approximate surface area is 110 Å². The standard InChI is InChI=1S/C13H15FN4O/c1-8-3-4-9(7-10(8)14)13(16-15)11-5-6-12(19-2)18-17-11/h3-7,13,16H,15H2,1-2H3. The Bertz CT molecular complexity index is 559. The number of hydrogen-bond acceptors (Lipinski definition) is 5. The molecule has 1 aromatic carbocycles. The van der Waals surface area contributed by atoms with Gasteiger partial charge in [-0.1, -0.05) is 12.1 Å². The van der Waals surface area contributed by atoms with Crippen molar-refractivity contribution in [2.24, 2.45) is 5.84 Å². The molecule has 2 aromatic rings. The van der Waals surface area contributed by atoms with Gasteiger partial charge in [0.2, 0.25) is 5.88 Å². The molecule has 1 unspecified atom stereocenters. The van der Waals surface area contributed by atoms with Crippen LogP contribution >= 0.6 is 0 Å². The van der Waals surface area contributed by atoms with Crippen molar-refractivity contribution in [2.75, 3.05) is 7.11 Å². The van der Waals surface area contributed by atoms with Crippen LogP contribution in [0.2, 0.25) is 0 Å². The van der Waals surface area contributed by atoms with Crippen LogP contribution in [-0.2, 0) is 0 Å². The van der Waals surface area contributed by atoms with E-state index in [1.165, 1.54) is 13.2 Å². The molecule has 0 saturated carbocycles. The number of nitrogens with one attached hydrogen (secondary N) is 1. The average Bonchev–Trinajstić information content (AvgIpc) is 2.44. The molecular formula is C13H15FN4O. The molecule has 0 radical (unpaired) electrons. The minimum absolute atomic E-state index is 0.278. The lowest BCUT2D eigenvalue weighted by atomic mass is 10.0. The molecule has 19 heavy (non-hydrogen) atoms. The Morgan fingerprint density at radius 3 is 2.58 bits per heavy atom. The normalized spacial score (nSPS) is 12.2. The number of aromatic nitrogens is 2. The summed E-state index contributed by atoms with van der Waals surface area (Å²) in [6, 6.07) is 7.92. The molecule has 0 aliphatic rings. The van der Waals surface area contributed by atoms with Gasteiger partial charge in [-0.15, -0.1) is 10.2 Å². The number of benzene rings is 1. The monoisotopic (exact) mass is 262 g/mol. The van der Waals surface area contributed by atoms with Crippen LogP contribution in [0.3, 0.4) is 0 Å². The molecule has 1 aromatic heterocycles. The molecule has 0 fully saturated rings. The van der Waals surface area contributed by atoms with E-state index in [-0.39, 0.29) is 5.82 Å². The summed E-state index contributed by atoms with van der Waals surface area (Å²) < 4.78 is 18.5. The molecule has 0 bridgehead atoms. The third kappa shape index (κ3) is 2.86. The largest absolute Gasteiger partial charge is 0.480 e. The van der Waals surface area contributed by atoms with Gasteiger partial charge >= 0.3 is 0 Å². The molecule has 1 atom stereocenters. The molecule has 0 aliphatic heterocycles. The molecule has 6 heteroatoms. The Morgan fingerprint density at radius 1 is 1.26 bits per heavy atom. The topological polar surface area (TPSA) is 73.1 Å². The first kappa shape index (κ1) is 13.4. The van der Waals surface area contributed by atoms with Crippen LogP contribution in [0.4, 0.5) is 4.39 Å². The van der Waals surface area contributed by atoms with Crippen molar-refractivity contribution in [1.29, 1.82) is 0 Å². The molecule has 1 heterocycles. The van der Waals surface area contributed by atoms with Gasteiger partial charge in [0.15, 0.2) is 0 Å². The van der Waals surface area contributed by atoms with E-state index in [1.54, 1.807) is 31.2 Å². The lowest BCUT2D eigenvalue weighted by Gasteiger charge is -2.16. The van der Waals surface area contributed by atoms with E-state index in [4.69, 9.17) is 10.6 Å². The van der Waals surface area contributed by atoms with Crippen LogP contribution in [0.15, 0.2) is 30.3 Å². The van der Waals surface area contributed by atoms with Crippen LogP contribution in [0.5, 0.6) is 5.88 Å². The lowest BCUT2D eigenvalue weighted by molar-refractivity contribution is 0.390. The fraction of sp³-hybridized carbons (Fsp3) is 0.231. The van der Waals surface area contributed by atoms with Crippen LogP contribution in [-0.4, -0.2) is 17.3 Å².